The van der Waals surface area contributed by atoms with E-state index in [1.54, 1.807) is 10.9 Å². The molecule has 0 aliphatic heterocycles. The molecule has 2 aromatic rings. The number of aromatic nitrogens is 4. The first-order valence-corrected chi connectivity index (χ1v) is 22.0. The van der Waals surface area contributed by atoms with Gasteiger partial charge in [-0.3, -0.25) is 4.57 Å². The van der Waals surface area contributed by atoms with Gasteiger partial charge in [0, 0.05) is 6.42 Å². The average Bonchev–Trinajstić information content (AvgIpc) is 3.73. The lowest BCUT2D eigenvalue weighted by molar-refractivity contribution is 0.0715. The highest BCUT2D eigenvalue weighted by Gasteiger charge is 2.46. The number of nitrogen functional groups attached to an aromatic ring is 1. The largest absolute Gasteiger partial charge is 0.382 e. The first kappa shape index (κ1) is 35.1. The third-order valence-corrected chi connectivity index (χ3v) is 14.2. The fraction of sp³-hybridized carbons (Fsp3) is 0.788. The van der Waals surface area contributed by atoms with Crippen molar-refractivity contribution in [2.75, 3.05) is 18.7 Å². The predicted octanol–water partition coefficient (Wildman–Crippen LogP) is 8.10. The number of ether oxygens (including phenoxy) is 1. The standard InChI is InChI=1S/C33H56N5O4PSi/c1-27(23-38-25-37-31-32(34)35-24-36-33(31)38)41-26-43(39,40)42-19-15-13-11-9-7-5-4-6-8-10-12-14-16-20-44(2,3)30-22-28-17-18-29(30)21-28/h24-25,27-30H,4-15,17-19,21-23,26H2,1-3H3,(H,39,40)(H2,34,35,36)/t27-,28?,29?,30?/m1/s1. The Bertz CT molecular complexity index is 1280. The van der Waals surface area contributed by atoms with Gasteiger partial charge in [-0.2, -0.15) is 0 Å². The van der Waals surface area contributed by atoms with Crippen LogP contribution in [0.1, 0.15) is 110 Å². The summed E-state index contributed by atoms with van der Waals surface area (Å²) in [6, 6.07) is 0. The summed E-state index contributed by atoms with van der Waals surface area (Å²) in [7, 11) is -5.16. The van der Waals surface area contributed by atoms with Crippen molar-refractivity contribution in [2.24, 2.45) is 11.8 Å². The smallest absolute Gasteiger partial charge is 0.353 e. The number of hydrogen-bond donors (Lipinski definition) is 2. The van der Waals surface area contributed by atoms with Gasteiger partial charge in [-0.15, -0.1) is 11.5 Å². The Morgan fingerprint density at radius 1 is 1.02 bits per heavy atom. The quantitative estimate of drug-likeness (QED) is 0.0641. The molecule has 9 nitrogen and oxygen atoms in total. The van der Waals surface area contributed by atoms with Gasteiger partial charge in [0.25, 0.3) is 0 Å². The molecule has 2 aliphatic carbocycles. The summed E-state index contributed by atoms with van der Waals surface area (Å²) in [5.41, 5.74) is 11.7. The number of unbranched alkanes of at least 4 members (excludes halogenated alkanes) is 11. The lowest BCUT2D eigenvalue weighted by Gasteiger charge is -2.31. The molecular formula is C33H56N5O4PSi. The SMILES string of the molecule is C[C@H](Cn1cnc2c(N)ncnc21)OCP(=O)(O)OCCCCCCCCCCCCCC#C[Si](C)(C)C1CC2CCC1C2. The monoisotopic (exact) mass is 645 g/mol. The maximum Gasteiger partial charge on any atom is 0.353 e. The first-order chi connectivity index (χ1) is 21.1. The number of hydrogen-bond acceptors (Lipinski definition) is 7. The maximum atomic E-state index is 12.4. The molecule has 246 valence electrons. The van der Waals surface area contributed by atoms with Gasteiger partial charge in [0.05, 0.1) is 25.6 Å². The number of anilines is 1. The van der Waals surface area contributed by atoms with Gasteiger partial charge in [-0.1, -0.05) is 83.7 Å². The second-order valence-electron chi connectivity index (χ2n) is 13.8. The summed E-state index contributed by atoms with van der Waals surface area (Å²) >= 11 is 0. The van der Waals surface area contributed by atoms with E-state index in [1.165, 1.54) is 83.4 Å². The molecule has 2 aliphatic rings. The van der Waals surface area contributed by atoms with Crippen LogP contribution in [0.3, 0.4) is 0 Å². The Balaban J connectivity index is 0.927. The highest BCUT2D eigenvalue weighted by Crippen LogP contribution is 2.55. The molecule has 2 bridgehead atoms. The van der Waals surface area contributed by atoms with Gasteiger partial charge in [-0.05, 0) is 50.0 Å². The van der Waals surface area contributed by atoms with Crippen LogP contribution in [0.2, 0.25) is 18.6 Å². The van der Waals surface area contributed by atoms with E-state index in [4.69, 9.17) is 15.0 Å². The summed E-state index contributed by atoms with van der Waals surface area (Å²) < 4.78 is 25.0. The average molecular weight is 646 g/mol. The van der Waals surface area contributed by atoms with E-state index >= 15 is 0 Å². The van der Waals surface area contributed by atoms with Crippen molar-refractivity contribution in [1.82, 2.24) is 19.5 Å². The van der Waals surface area contributed by atoms with E-state index in [9.17, 15) is 9.46 Å². The molecule has 2 heterocycles. The van der Waals surface area contributed by atoms with E-state index in [0.29, 0.717) is 23.5 Å². The van der Waals surface area contributed by atoms with E-state index in [1.807, 2.05) is 6.92 Å². The Labute approximate surface area is 266 Å². The van der Waals surface area contributed by atoms with Gasteiger partial charge in [0.1, 0.15) is 26.3 Å². The lowest BCUT2D eigenvalue weighted by Crippen LogP contribution is -2.34. The van der Waals surface area contributed by atoms with Crippen LogP contribution in [0.5, 0.6) is 0 Å². The summed E-state index contributed by atoms with van der Waals surface area (Å²) in [6.07, 6.45) is 22.7. The molecule has 5 atom stereocenters. The van der Waals surface area contributed by atoms with Crippen molar-refractivity contribution in [1.29, 1.82) is 0 Å². The first-order valence-electron chi connectivity index (χ1n) is 17.1. The summed E-state index contributed by atoms with van der Waals surface area (Å²) in [6.45, 7) is 7.57. The Morgan fingerprint density at radius 2 is 1.70 bits per heavy atom. The molecule has 0 amide bonds. The molecule has 4 unspecified atom stereocenters. The summed E-state index contributed by atoms with van der Waals surface area (Å²) in [4.78, 5) is 22.5. The van der Waals surface area contributed by atoms with Crippen LogP contribution >= 0.6 is 7.60 Å². The molecule has 2 fully saturated rings. The van der Waals surface area contributed by atoms with Crippen LogP contribution in [-0.2, 0) is 20.4 Å². The van der Waals surface area contributed by atoms with Crippen LogP contribution in [0.25, 0.3) is 11.2 Å². The van der Waals surface area contributed by atoms with Gasteiger partial charge in [-0.25, -0.2) is 15.0 Å². The zero-order valence-electron chi connectivity index (χ0n) is 27.4. The number of rotatable bonds is 20. The van der Waals surface area contributed by atoms with Gasteiger partial charge >= 0.3 is 7.60 Å². The number of nitrogens with two attached hydrogens (primary N) is 1. The van der Waals surface area contributed by atoms with Gasteiger partial charge in [0.2, 0.25) is 0 Å². The minimum absolute atomic E-state index is 0.277. The van der Waals surface area contributed by atoms with Crippen LogP contribution in [0.15, 0.2) is 12.7 Å². The Morgan fingerprint density at radius 3 is 2.36 bits per heavy atom. The van der Waals surface area contributed by atoms with Crippen LogP contribution in [-0.4, -0.2) is 51.5 Å². The summed E-state index contributed by atoms with van der Waals surface area (Å²) in [5.74, 6) is 5.96. The molecule has 2 saturated carbocycles. The zero-order valence-corrected chi connectivity index (χ0v) is 29.3. The minimum atomic E-state index is -3.79. The molecule has 0 radical (unpaired) electrons. The van der Waals surface area contributed by atoms with E-state index in [-0.39, 0.29) is 19.1 Å². The van der Waals surface area contributed by atoms with E-state index < -0.39 is 15.7 Å². The molecule has 0 spiro atoms. The Hall–Kier alpha value is -1.76. The zero-order chi connectivity index (χ0) is 31.4. The van der Waals surface area contributed by atoms with Crippen molar-refractivity contribution >= 4 is 32.7 Å². The van der Waals surface area contributed by atoms with E-state index in [0.717, 1.165) is 43.1 Å². The highest BCUT2D eigenvalue weighted by molar-refractivity contribution is 7.52. The van der Waals surface area contributed by atoms with Crippen molar-refractivity contribution in [3.8, 4) is 11.5 Å². The normalized spacial score (nSPS) is 21.8. The third kappa shape index (κ3) is 10.9. The van der Waals surface area contributed by atoms with Crippen molar-refractivity contribution in [3.05, 3.63) is 12.7 Å². The van der Waals surface area contributed by atoms with Crippen LogP contribution in [0.4, 0.5) is 5.82 Å². The second kappa shape index (κ2) is 17.2. The molecule has 0 aromatic carbocycles. The summed E-state index contributed by atoms with van der Waals surface area (Å²) in [5, 5.41) is 0. The fourth-order valence-corrected chi connectivity index (χ4v) is 11.3. The van der Waals surface area contributed by atoms with Gasteiger partial charge < -0.3 is 24.5 Å². The van der Waals surface area contributed by atoms with Crippen LogP contribution < -0.4 is 5.73 Å². The predicted molar refractivity (Wildman–Crippen MR) is 181 cm³/mol. The molecule has 44 heavy (non-hydrogen) atoms. The fourth-order valence-electron chi connectivity index (χ4n) is 7.25. The lowest BCUT2D eigenvalue weighted by atomic mass is 10.0. The molecule has 3 N–H and O–H groups in total. The molecular weight excluding hydrogens is 589 g/mol. The second-order valence-corrected chi connectivity index (χ2v) is 20.1. The molecule has 2 aromatic heterocycles. The third-order valence-electron chi connectivity index (χ3n) is 9.72. The van der Waals surface area contributed by atoms with Crippen LogP contribution in [0, 0.1) is 23.3 Å². The molecule has 4 rings (SSSR count). The number of fused-ring (bicyclic) bond motifs is 3. The van der Waals surface area contributed by atoms with Crippen molar-refractivity contribution in [2.45, 2.75) is 141 Å². The Kier molecular flexibility index (Phi) is 13.7. The topological polar surface area (TPSA) is 125 Å². The number of imidazole rings is 1. The maximum absolute atomic E-state index is 12.4. The molecule has 0 saturated heterocycles. The highest BCUT2D eigenvalue weighted by atomic mass is 31.2. The number of nitrogens with zero attached hydrogens (tertiary/aromatic N) is 4. The van der Waals surface area contributed by atoms with Crippen molar-refractivity contribution < 1.29 is 18.7 Å². The van der Waals surface area contributed by atoms with Crippen molar-refractivity contribution in [3.63, 3.8) is 0 Å². The van der Waals surface area contributed by atoms with E-state index in [2.05, 4.69) is 39.5 Å². The molecule has 11 heteroatoms. The minimum Gasteiger partial charge on any atom is -0.382 e. The van der Waals surface area contributed by atoms with Gasteiger partial charge in [0.15, 0.2) is 11.5 Å².